The Hall–Kier alpha value is -1.36. The van der Waals surface area contributed by atoms with Crippen molar-refractivity contribution in [1.29, 1.82) is 0 Å². The van der Waals surface area contributed by atoms with Crippen LogP contribution in [0.15, 0.2) is 22.7 Å². The van der Waals surface area contributed by atoms with Crippen LogP contribution in [-0.4, -0.2) is 34.2 Å². The zero-order valence-electron chi connectivity index (χ0n) is 8.77. The predicted molar refractivity (Wildman–Crippen MR) is 64.4 cm³/mol. The molecule has 0 fully saturated rings. The Morgan fingerprint density at radius 2 is 2.19 bits per heavy atom. The first-order valence-corrected chi connectivity index (χ1v) is 5.87. The maximum Gasteiger partial charge on any atom is 0.272 e. The second-order valence-corrected chi connectivity index (χ2v) is 4.88. The molecule has 0 bridgehead atoms. The Morgan fingerprint density at radius 3 is 3.00 bits per heavy atom. The molecule has 0 spiro atoms. The molecule has 1 aliphatic heterocycles. The molecule has 0 unspecified atom stereocenters. The summed E-state index contributed by atoms with van der Waals surface area (Å²) in [6, 6.07) is 5.82. The van der Waals surface area contributed by atoms with E-state index in [9.17, 15) is 4.79 Å². The van der Waals surface area contributed by atoms with E-state index in [1.54, 1.807) is 9.58 Å². The molecule has 3 rings (SSSR count). The van der Waals surface area contributed by atoms with Gasteiger partial charge in [0.1, 0.15) is 5.69 Å². The van der Waals surface area contributed by atoms with E-state index in [0.717, 1.165) is 28.5 Å². The molecular weight excluding hydrogens is 270 g/mol. The predicted octanol–water partition coefficient (Wildman–Crippen LogP) is 1.88. The molecule has 1 amide bonds. The van der Waals surface area contributed by atoms with E-state index in [1.807, 2.05) is 25.2 Å². The lowest BCUT2D eigenvalue weighted by Crippen LogP contribution is -2.37. The smallest absolute Gasteiger partial charge is 0.272 e. The van der Waals surface area contributed by atoms with Gasteiger partial charge in [-0.15, -0.1) is 0 Å². The Morgan fingerprint density at radius 1 is 1.38 bits per heavy atom. The van der Waals surface area contributed by atoms with E-state index in [2.05, 4.69) is 21.0 Å². The van der Waals surface area contributed by atoms with Crippen LogP contribution in [0.3, 0.4) is 0 Å². The Bertz CT molecular complexity index is 590. The zero-order chi connectivity index (χ0) is 11.3. The van der Waals surface area contributed by atoms with Gasteiger partial charge in [-0.3, -0.25) is 9.48 Å². The van der Waals surface area contributed by atoms with Gasteiger partial charge >= 0.3 is 0 Å². The number of hydrogen-bond acceptors (Lipinski definition) is 2. The summed E-state index contributed by atoms with van der Waals surface area (Å²) in [5, 5.41) is 5.37. The van der Waals surface area contributed by atoms with Gasteiger partial charge in [-0.1, -0.05) is 15.9 Å². The molecule has 0 aliphatic carbocycles. The molecule has 0 N–H and O–H groups in total. The van der Waals surface area contributed by atoms with Crippen LogP contribution >= 0.6 is 15.9 Å². The molecule has 0 radical (unpaired) electrons. The number of halogens is 1. The van der Waals surface area contributed by atoms with Crippen LogP contribution in [-0.2, 0) is 6.54 Å². The molecule has 5 heteroatoms. The summed E-state index contributed by atoms with van der Waals surface area (Å²) < 4.78 is 2.79. The third-order valence-corrected chi connectivity index (χ3v) is 3.39. The van der Waals surface area contributed by atoms with E-state index in [4.69, 9.17) is 0 Å². The molecule has 1 aromatic carbocycles. The standard InChI is InChI=1S/C11H10BrN3O/c1-14-4-5-15-10(11(14)16)8-3-2-7(12)6-9(8)13-15/h2-3,6H,4-5H2,1H3. The second-order valence-electron chi connectivity index (χ2n) is 3.96. The minimum atomic E-state index is 0.0519. The van der Waals surface area contributed by atoms with E-state index >= 15 is 0 Å². The maximum atomic E-state index is 12.0. The summed E-state index contributed by atoms with van der Waals surface area (Å²) in [6.45, 7) is 1.49. The number of benzene rings is 1. The van der Waals surface area contributed by atoms with Crippen LogP contribution in [0.1, 0.15) is 10.5 Å². The third-order valence-electron chi connectivity index (χ3n) is 2.90. The summed E-state index contributed by atoms with van der Waals surface area (Å²) in [5.41, 5.74) is 1.57. The molecule has 1 aromatic heterocycles. The SMILES string of the molecule is CN1CCn2nc3cc(Br)ccc3c2C1=O. The van der Waals surface area contributed by atoms with Crippen molar-refractivity contribution >= 4 is 32.7 Å². The van der Waals surface area contributed by atoms with Crippen molar-refractivity contribution in [2.24, 2.45) is 0 Å². The maximum absolute atomic E-state index is 12.0. The molecule has 2 heterocycles. The first kappa shape index (κ1) is 9.84. The second kappa shape index (κ2) is 3.31. The van der Waals surface area contributed by atoms with Crippen LogP contribution in [0.4, 0.5) is 0 Å². The minimum Gasteiger partial charge on any atom is -0.339 e. The summed E-state index contributed by atoms with van der Waals surface area (Å²) in [4.78, 5) is 13.8. The summed E-state index contributed by atoms with van der Waals surface area (Å²) in [6.07, 6.45) is 0. The molecule has 16 heavy (non-hydrogen) atoms. The molecule has 1 aliphatic rings. The van der Waals surface area contributed by atoms with E-state index in [-0.39, 0.29) is 5.91 Å². The topological polar surface area (TPSA) is 38.1 Å². The van der Waals surface area contributed by atoms with Crippen molar-refractivity contribution in [1.82, 2.24) is 14.7 Å². The molecule has 2 aromatic rings. The largest absolute Gasteiger partial charge is 0.339 e. The molecule has 0 atom stereocenters. The number of carbonyl (C=O) groups is 1. The molecular formula is C11H10BrN3O. The highest BCUT2D eigenvalue weighted by molar-refractivity contribution is 9.10. The molecule has 4 nitrogen and oxygen atoms in total. The number of amides is 1. The highest BCUT2D eigenvalue weighted by atomic mass is 79.9. The number of carbonyl (C=O) groups excluding carboxylic acids is 1. The fraction of sp³-hybridized carbons (Fsp3) is 0.273. The monoisotopic (exact) mass is 279 g/mol. The van der Waals surface area contributed by atoms with Gasteiger partial charge < -0.3 is 4.90 Å². The van der Waals surface area contributed by atoms with E-state index in [1.165, 1.54) is 0 Å². The summed E-state index contributed by atoms with van der Waals surface area (Å²) in [5.74, 6) is 0.0519. The van der Waals surface area contributed by atoms with Gasteiger partial charge in [-0.05, 0) is 18.2 Å². The highest BCUT2D eigenvalue weighted by Crippen LogP contribution is 2.25. The Balaban J connectivity index is 2.32. The normalized spacial score (nSPS) is 15.6. The number of hydrogen-bond donors (Lipinski definition) is 0. The zero-order valence-corrected chi connectivity index (χ0v) is 10.4. The molecule has 0 saturated heterocycles. The number of nitrogens with zero attached hydrogens (tertiary/aromatic N) is 3. The molecule has 0 saturated carbocycles. The van der Waals surface area contributed by atoms with Gasteiger partial charge in [0.15, 0.2) is 0 Å². The minimum absolute atomic E-state index is 0.0519. The fourth-order valence-corrected chi connectivity index (χ4v) is 2.37. The quantitative estimate of drug-likeness (QED) is 0.739. The first-order valence-electron chi connectivity index (χ1n) is 5.08. The lowest BCUT2D eigenvalue weighted by Gasteiger charge is -2.23. The number of aromatic nitrogens is 2. The number of fused-ring (bicyclic) bond motifs is 3. The van der Waals surface area contributed by atoms with E-state index in [0.29, 0.717) is 5.69 Å². The van der Waals surface area contributed by atoms with Gasteiger partial charge in [0.05, 0.1) is 12.1 Å². The van der Waals surface area contributed by atoms with Crippen molar-refractivity contribution in [3.05, 3.63) is 28.4 Å². The molecule has 82 valence electrons. The van der Waals surface area contributed by atoms with Crippen molar-refractivity contribution in [3.8, 4) is 0 Å². The van der Waals surface area contributed by atoms with Gasteiger partial charge in [0.2, 0.25) is 0 Å². The van der Waals surface area contributed by atoms with Crippen molar-refractivity contribution in [2.75, 3.05) is 13.6 Å². The van der Waals surface area contributed by atoms with Crippen LogP contribution in [0.5, 0.6) is 0 Å². The van der Waals surface area contributed by atoms with Crippen molar-refractivity contribution in [2.45, 2.75) is 6.54 Å². The average molecular weight is 280 g/mol. The average Bonchev–Trinajstić information content (AvgIpc) is 2.61. The first-order chi connectivity index (χ1) is 7.66. The fourth-order valence-electron chi connectivity index (χ4n) is 2.02. The number of likely N-dealkylation sites (N-methyl/N-ethyl adjacent to an activating group) is 1. The van der Waals surface area contributed by atoms with Crippen LogP contribution in [0.2, 0.25) is 0 Å². The van der Waals surface area contributed by atoms with Gasteiger partial charge in [-0.25, -0.2) is 0 Å². The van der Waals surface area contributed by atoms with Crippen LogP contribution in [0.25, 0.3) is 10.9 Å². The van der Waals surface area contributed by atoms with Crippen molar-refractivity contribution < 1.29 is 4.79 Å². The highest BCUT2D eigenvalue weighted by Gasteiger charge is 2.25. The van der Waals surface area contributed by atoms with Crippen molar-refractivity contribution in [3.63, 3.8) is 0 Å². The summed E-state index contributed by atoms with van der Waals surface area (Å²) in [7, 11) is 1.82. The Labute approximate surface area is 101 Å². The van der Waals surface area contributed by atoms with Gasteiger partial charge in [0, 0.05) is 23.5 Å². The van der Waals surface area contributed by atoms with Gasteiger partial charge in [-0.2, -0.15) is 5.10 Å². The Kier molecular flexibility index (Phi) is 2.04. The lowest BCUT2D eigenvalue weighted by atomic mass is 10.2. The lowest BCUT2D eigenvalue weighted by molar-refractivity contribution is 0.0745. The van der Waals surface area contributed by atoms with Crippen LogP contribution in [0, 0.1) is 0 Å². The summed E-state index contributed by atoms with van der Waals surface area (Å²) >= 11 is 3.41. The number of rotatable bonds is 0. The third kappa shape index (κ3) is 1.28. The van der Waals surface area contributed by atoms with Gasteiger partial charge in [0.25, 0.3) is 5.91 Å². The van der Waals surface area contributed by atoms with E-state index < -0.39 is 0 Å². The van der Waals surface area contributed by atoms with Crippen LogP contribution < -0.4 is 0 Å².